The number of amides is 1. The molecule has 2 rings (SSSR count). The van der Waals surface area contributed by atoms with Crippen molar-refractivity contribution in [3.05, 3.63) is 59.7 Å². The molecule has 2 aromatic rings. The first-order valence-electron chi connectivity index (χ1n) is 7.16. The topological polar surface area (TPSA) is 29.1 Å². The zero-order valence-corrected chi connectivity index (χ0v) is 12.1. The summed E-state index contributed by atoms with van der Waals surface area (Å²) >= 11 is 0. The number of nitrogens with one attached hydrogen (secondary N) is 1. The van der Waals surface area contributed by atoms with Gasteiger partial charge in [-0.2, -0.15) is 0 Å². The molecule has 0 saturated heterocycles. The number of carbonyl (C=O) groups is 1. The quantitative estimate of drug-likeness (QED) is 0.869. The second-order valence-corrected chi connectivity index (χ2v) is 4.92. The predicted molar refractivity (Wildman–Crippen MR) is 83.9 cm³/mol. The molecule has 0 aromatic heterocycles. The van der Waals surface area contributed by atoms with Crippen LogP contribution in [0.1, 0.15) is 35.7 Å². The number of hydrogen-bond acceptors (Lipinski definition) is 1. The van der Waals surface area contributed by atoms with Gasteiger partial charge in [-0.25, -0.2) is 0 Å². The zero-order valence-electron chi connectivity index (χ0n) is 12.1. The van der Waals surface area contributed by atoms with Crippen molar-refractivity contribution in [2.75, 3.05) is 7.05 Å². The van der Waals surface area contributed by atoms with E-state index in [2.05, 4.69) is 36.5 Å². The summed E-state index contributed by atoms with van der Waals surface area (Å²) in [5.74, 6) is -0.00566. The van der Waals surface area contributed by atoms with E-state index in [0.29, 0.717) is 0 Å². The summed E-state index contributed by atoms with van der Waals surface area (Å²) in [6.07, 6.45) is 3.19. The minimum atomic E-state index is -0.00566. The first kappa shape index (κ1) is 14.3. The molecule has 0 spiro atoms. The van der Waals surface area contributed by atoms with Crippen LogP contribution in [0.25, 0.3) is 11.1 Å². The molecule has 0 heterocycles. The minimum Gasteiger partial charge on any atom is -0.355 e. The summed E-state index contributed by atoms with van der Waals surface area (Å²) in [4.78, 5) is 12.1. The normalized spacial score (nSPS) is 10.3. The molecule has 0 aliphatic rings. The van der Waals surface area contributed by atoms with Gasteiger partial charge in [0.1, 0.15) is 0 Å². The van der Waals surface area contributed by atoms with E-state index in [1.165, 1.54) is 0 Å². The predicted octanol–water partition coefficient (Wildman–Crippen LogP) is 4.06. The van der Waals surface area contributed by atoms with Gasteiger partial charge in [0.05, 0.1) is 0 Å². The van der Waals surface area contributed by atoms with Gasteiger partial charge in [0.25, 0.3) is 5.91 Å². The molecule has 0 atom stereocenters. The summed E-state index contributed by atoms with van der Waals surface area (Å²) in [6.45, 7) is 2.16. The monoisotopic (exact) mass is 267 g/mol. The van der Waals surface area contributed by atoms with E-state index in [-0.39, 0.29) is 5.91 Å². The molecule has 20 heavy (non-hydrogen) atoms. The maximum Gasteiger partial charge on any atom is 0.251 e. The average Bonchev–Trinajstić information content (AvgIpc) is 2.53. The summed E-state index contributed by atoms with van der Waals surface area (Å²) < 4.78 is 0. The van der Waals surface area contributed by atoms with Crippen molar-refractivity contribution in [3.8, 4) is 11.1 Å². The van der Waals surface area contributed by atoms with Crippen molar-refractivity contribution < 1.29 is 4.79 Å². The molecule has 1 N–H and O–H groups in total. The zero-order chi connectivity index (χ0) is 14.4. The molecular formula is C18H21NO. The van der Waals surface area contributed by atoms with Crippen LogP contribution >= 0.6 is 0 Å². The number of carbonyl (C=O) groups excluding carboxylic acids is 1. The second-order valence-electron chi connectivity index (χ2n) is 4.92. The molecule has 0 aliphatic heterocycles. The Kier molecular flexibility index (Phi) is 4.94. The molecular weight excluding hydrogens is 246 g/mol. The summed E-state index contributed by atoms with van der Waals surface area (Å²) in [5, 5.41) is 2.74. The van der Waals surface area contributed by atoms with Crippen molar-refractivity contribution in [2.45, 2.75) is 26.2 Å². The van der Waals surface area contributed by atoms with Crippen LogP contribution in [0.15, 0.2) is 48.5 Å². The minimum absolute atomic E-state index is 0.00566. The van der Waals surface area contributed by atoms with Crippen LogP contribution in [0.3, 0.4) is 0 Å². The Hall–Kier alpha value is -2.09. The molecule has 0 saturated carbocycles. The molecule has 0 unspecified atom stereocenters. The summed E-state index contributed by atoms with van der Waals surface area (Å²) in [7, 11) is 1.68. The molecule has 0 bridgehead atoms. The lowest BCUT2D eigenvalue weighted by molar-refractivity contribution is 0.0962. The Bertz CT molecular complexity index is 575. The van der Waals surface area contributed by atoms with E-state index in [4.69, 9.17) is 0 Å². The van der Waals surface area contributed by atoms with Crippen LogP contribution < -0.4 is 5.32 Å². The third-order valence-corrected chi connectivity index (χ3v) is 3.49. The molecule has 0 radical (unpaired) electrons. The number of unbranched alkanes of at least 4 members (excludes halogenated alkanes) is 1. The second kappa shape index (κ2) is 6.90. The average molecular weight is 267 g/mol. The lowest BCUT2D eigenvalue weighted by Crippen LogP contribution is -2.19. The van der Waals surface area contributed by atoms with Gasteiger partial charge in [-0.05, 0) is 35.6 Å². The Morgan fingerprint density at radius 2 is 1.80 bits per heavy atom. The standard InChI is InChI=1S/C18H21NO/c1-3-4-8-15-11-12-16(13-17(15)18(20)19-2)14-9-6-5-7-10-14/h5-7,9-13H,3-4,8H2,1-2H3,(H,19,20). The van der Waals surface area contributed by atoms with Crippen molar-refractivity contribution in [1.82, 2.24) is 5.32 Å². The van der Waals surface area contributed by atoms with Crippen LogP contribution in [0.2, 0.25) is 0 Å². The molecule has 2 aromatic carbocycles. The van der Waals surface area contributed by atoms with Crippen LogP contribution in [0.5, 0.6) is 0 Å². The number of benzene rings is 2. The van der Waals surface area contributed by atoms with Gasteiger partial charge in [0.15, 0.2) is 0 Å². The lowest BCUT2D eigenvalue weighted by atomic mass is 9.96. The highest BCUT2D eigenvalue weighted by Crippen LogP contribution is 2.23. The SMILES string of the molecule is CCCCc1ccc(-c2ccccc2)cc1C(=O)NC. The van der Waals surface area contributed by atoms with Gasteiger partial charge in [-0.15, -0.1) is 0 Å². The molecule has 0 fully saturated rings. The Balaban J connectivity index is 2.40. The van der Waals surface area contributed by atoms with Gasteiger partial charge in [-0.3, -0.25) is 4.79 Å². The Morgan fingerprint density at radius 1 is 1.05 bits per heavy atom. The van der Waals surface area contributed by atoms with E-state index in [1.807, 2.05) is 24.3 Å². The van der Waals surface area contributed by atoms with E-state index < -0.39 is 0 Å². The Morgan fingerprint density at radius 3 is 2.45 bits per heavy atom. The molecule has 1 amide bonds. The van der Waals surface area contributed by atoms with Gasteiger partial charge < -0.3 is 5.32 Å². The van der Waals surface area contributed by atoms with Crippen LogP contribution in [0, 0.1) is 0 Å². The van der Waals surface area contributed by atoms with Crippen LogP contribution in [-0.4, -0.2) is 13.0 Å². The van der Waals surface area contributed by atoms with E-state index >= 15 is 0 Å². The van der Waals surface area contributed by atoms with Gasteiger partial charge >= 0.3 is 0 Å². The molecule has 2 heteroatoms. The third-order valence-electron chi connectivity index (χ3n) is 3.49. The number of hydrogen-bond donors (Lipinski definition) is 1. The van der Waals surface area contributed by atoms with E-state index in [0.717, 1.165) is 41.5 Å². The van der Waals surface area contributed by atoms with Crippen LogP contribution in [0.4, 0.5) is 0 Å². The number of rotatable bonds is 5. The fourth-order valence-electron chi connectivity index (χ4n) is 2.32. The largest absolute Gasteiger partial charge is 0.355 e. The number of aryl methyl sites for hydroxylation is 1. The first-order valence-corrected chi connectivity index (χ1v) is 7.16. The van der Waals surface area contributed by atoms with Crippen molar-refractivity contribution >= 4 is 5.91 Å². The van der Waals surface area contributed by atoms with Gasteiger partial charge in [-0.1, -0.05) is 55.8 Å². The van der Waals surface area contributed by atoms with E-state index in [9.17, 15) is 4.79 Å². The molecule has 2 nitrogen and oxygen atoms in total. The van der Waals surface area contributed by atoms with Crippen molar-refractivity contribution in [1.29, 1.82) is 0 Å². The fraction of sp³-hybridized carbons (Fsp3) is 0.278. The van der Waals surface area contributed by atoms with Crippen molar-refractivity contribution in [3.63, 3.8) is 0 Å². The van der Waals surface area contributed by atoms with Crippen LogP contribution in [-0.2, 0) is 6.42 Å². The maximum absolute atomic E-state index is 12.1. The highest BCUT2D eigenvalue weighted by atomic mass is 16.1. The highest BCUT2D eigenvalue weighted by Gasteiger charge is 2.11. The molecule has 0 aliphatic carbocycles. The van der Waals surface area contributed by atoms with E-state index in [1.54, 1.807) is 7.05 Å². The van der Waals surface area contributed by atoms with Gasteiger partial charge in [0, 0.05) is 12.6 Å². The fourth-order valence-corrected chi connectivity index (χ4v) is 2.32. The smallest absolute Gasteiger partial charge is 0.251 e. The Labute approximate surface area is 120 Å². The first-order chi connectivity index (χ1) is 9.76. The summed E-state index contributed by atoms with van der Waals surface area (Å²) in [5.41, 5.74) is 4.15. The van der Waals surface area contributed by atoms with Gasteiger partial charge in [0.2, 0.25) is 0 Å². The highest BCUT2D eigenvalue weighted by molar-refractivity contribution is 5.96. The lowest BCUT2D eigenvalue weighted by Gasteiger charge is -2.11. The third kappa shape index (κ3) is 3.27. The summed E-state index contributed by atoms with van der Waals surface area (Å²) in [6, 6.07) is 16.3. The maximum atomic E-state index is 12.1. The van der Waals surface area contributed by atoms with Crippen molar-refractivity contribution in [2.24, 2.45) is 0 Å². The molecule has 104 valence electrons.